The van der Waals surface area contributed by atoms with E-state index >= 15 is 0 Å². The molecule has 382 valence electrons. The van der Waals surface area contributed by atoms with Crippen molar-refractivity contribution in [2.75, 3.05) is 114 Å². The Bertz CT molecular complexity index is 2380. The zero-order valence-electron chi connectivity index (χ0n) is 43.0. The summed E-state index contributed by atoms with van der Waals surface area (Å²) in [6.07, 6.45) is 5.02. The molecule has 0 saturated carbocycles. The van der Waals surface area contributed by atoms with Gasteiger partial charge in [-0.3, -0.25) is 14.6 Å². The number of nitrogens with one attached hydrogen (secondary N) is 2. The van der Waals surface area contributed by atoms with Crippen LogP contribution in [0.3, 0.4) is 0 Å². The summed E-state index contributed by atoms with van der Waals surface area (Å²) in [5.41, 5.74) is 9.16. The van der Waals surface area contributed by atoms with Gasteiger partial charge in [-0.15, -0.1) is 11.8 Å². The van der Waals surface area contributed by atoms with E-state index in [1.54, 1.807) is 0 Å². The number of rotatable bonds is 17. The van der Waals surface area contributed by atoms with Gasteiger partial charge >= 0.3 is 6.09 Å². The summed E-state index contributed by atoms with van der Waals surface area (Å²) in [4.78, 5) is 39.7. The number of thioether (sulfide) groups is 1. The number of allylic oxidation sites excluding steroid dienone is 1. The van der Waals surface area contributed by atoms with Crippen LogP contribution in [0.5, 0.6) is 0 Å². The van der Waals surface area contributed by atoms with Crippen LogP contribution in [0.4, 0.5) is 16.2 Å². The molecule has 1 aliphatic carbocycles. The normalized spacial score (nSPS) is 20.4. The Balaban J connectivity index is 0.822. The van der Waals surface area contributed by atoms with Gasteiger partial charge in [0.15, 0.2) is 0 Å². The van der Waals surface area contributed by atoms with Gasteiger partial charge < -0.3 is 34.8 Å². The molecule has 3 fully saturated rings. The van der Waals surface area contributed by atoms with Crippen molar-refractivity contribution in [3.05, 3.63) is 130 Å². The quantitative estimate of drug-likeness (QED) is 0.0997. The molecule has 4 aliphatic rings. The van der Waals surface area contributed by atoms with Crippen LogP contribution in [0.2, 0.25) is 5.02 Å². The number of aryl methyl sites for hydroxylation is 1. The fourth-order valence-corrected chi connectivity index (χ4v) is 11.7. The topological polar surface area (TPSA) is 92.9 Å². The third-order valence-corrected chi connectivity index (χ3v) is 16.0. The fraction of sp³-hybridized carbons (Fsp3) is 0.517. The molecule has 2 N–H and O–H groups in total. The van der Waals surface area contributed by atoms with Crippen LogP contribution in [-0.2, 0) is 16.0 Å². The van der Waals surface area contributed by atoms with Crippen molar-refractivity contribution in [2.24, 2.45) is 5.41 Å². The highest BCUT2D eigenvalue weighted by Crippen LogP contribution is 2.44. The minimum atomic E-state index is -0.493. The van der Waals surface area contributed by atoms with Crippen molar-refractivity contribution in [3.8, 4) is 0 Å². The first-order valence-electron chi connectivity index (χ1n) is 26.1. The first-order valence-corrected chi connectivity index (χ1v) is 27.5. The lowest BCUT2D eigenvalue weighted by Gasteiger charge is -2.42. The van der Waals surface area contributed by atoms with Gasteiger partial charge in [0.2, 0.25) is 0 Å². The molecule has 2 atom stereocenters. The van der Waals surface area contributed by atoms with E-state index in [-0.39, 0.29) is 17.4 Å². The first-order chi connectivity index (χ1) is 34.2. The Morgan fingerprint density at radius 2 is 1.56 bits per heavy atom. The molecule has 1 unspecified atom stereocenters. The lowest BCUT2D eigenvalue weighted by atomic mass is 9.71. The number of benzene rings is 4. The Labute approximate surface area is 433 Å². The second kappa shape index (κ2) is 24.9. The van der Waals surface area contributed by atoms with E-state index in [0.29, 0.717) is 24.7 Å². The molecule has 3 saturated heterocycles. The van der Waals surface area contributed by atoms with E-state index < -0.39 is 5.60 Å². The smallest absolute Gasteiger partial charge is 0.410 e. The number of carbonyl (C=O) groups excluding carboxylic acids is 2. The molecule has 13 heteroatoms. The number of nitrogens with zero attached hydrogens (tertiary/aromatic N) is 5. The van der Waals surface area contributed by atoms with Crippen LogP contribution >= 0.6 is 23.4 Å². The number of anilines is 2. The number of piperazine rings is 1. The molecule has 0 aromatic heterocycles. The van der Waals surface area contributed by atoms with Crippen LogP contribution in [-0.4, -0.2) is 147 Å². The Morgan fingerprint density at radius 3 is 2.28 bits per heavy atom. The third-order valence-electron chi connectivity index (χ3n) is 14.6. The first kappa shape index (κ1) is 52.8. The molecule has 0 bridgehead atoms. The number of halogens is 1. The van der Waals surface area contributed by atoms with Crippen LogP contribution in [0.25, 0.3) is 5.57 Å². The van der Waals surface area contributed by atoms with Crippen molar-refractivity contribution < 1.29 is 19.1 Å². The largest absolute Gasteiger partial charge is 0.444 e. The maximum atomic E-state index is 13.4. The van der Waals surface area contributed by atoms with Crippen LogP contribution in [0, 0.1) is 12.3 Å². The van der Waals surface area contributed by atoms with Gasteiger partial charge in [0.25, 0.3) is 5.91 Å². The second-order valence-corrected chi connectivity index (χ2v) is 23.1. The summed E-state index contributed by atoms with van der Waals surface area (Å²) >= 11 is 8.27. The van der Waals surface area contributed by atoms with Crippen LogP contribution in [0.15, 0.2) is 108 Å². The molecule has 11 nitrogen and oxygen atoms in total. The molecule has 8 rings (SSSR count). The van der Waals surface area contributed by atoms with Gasteiger partial charge in [-0.25, -0.2) is 4.79 Å². The molecular formula is C58H78ClN7O4S. The summed E-state index contributed by atoms with van der Waals surface area (Å²) in [7, 11) is 0. The molecule has 2 amide bonds. The standard InChI is InChI=1S/C58H78ClN7O4S/c1-44-38-45(12-21-54(44)61-50(23-27-62-34-36-69-37-35-62)42-71-52-10-7-6-8-11-52)40-60-55(67)47-15-19-51(20-16-47)65-31-28-63(29-32-65)41-48-39-58(5,24-22-53(48)46-13-17-49(59)18-14-46)43-64-25-9-26-66(33-30-64)56(68)70-57(2,3)4/h6-8,10-21,38,50,61H,9,22-37,39-43H2,1-5H3,(H,60,67)/t50-,58?/m1/s1. The van der Waals surface area contributed by atoms with Crippen molar-refractivity contribution in [2.45, 2.75) is 89.8 Å². The SMILES string of the molecule is Cc1cc(CNC(=O)c2ccc(N3CCN(CC4=C(c5ccc(Cl)cc5)CCC(C)(CN5CCCN(C(=O)OC(C)(C)C)CC5)C4)CC3)cc2)ccc1N[C@H](CCN1CCOCC1)CSc1ccccc1. The fourth-order valence-electron chi connectivity index (χ4n) is 10.6. The van der Waals surface area contributed by atoms with Crippen LogP contribution < -0.4 is 15.5 Å². The average Bonchev–Trinajstić information content (AvgIpc) is 3.61. The summed E-state index contributed by atoms with van der Waals surface area (Å²) < 4.78 is 11.3. The predicted molar refractivity (Wildman–Crippen MR) is 293 cm³/mol. The van der Waals surface area contributed by atoms with E-state index in [1.807, 2.05) is 61.7 Å². The Kier molecular flexibility index (Phi) is 18.5. The van der Waals surface area contributed by atoms with Crippen LogP contribution in [0.1, 0.15) is 86.8 Å². The summed E-state index contributed by atoms with van der Waals surface area (Å²) in [6.45, 7) is 24.6. The molecule has 0 radical (unpaired) electrons. The van der Waals surface area contributed by atoms with Gasteiger partial charge in [-0.05, 0) is 149 Å². The highest BCUT2D eigenvalue weighted by Gasteiger charge is 2.35. The molecule has 71 heavy (non-hydrogen) atoms. The van der Waals surface area contributed by atoms with E-state index in [9.17, 15) is 9.59 Å². The zero-order chi connectivity index (χ0) is 49.8. The maximum absolute atomic E-state index is 13.4. The zero-order valence-corrected chi connectivity index (χ0v) is 44.6. The van der Waals surface area contributed by atoms with E-state index in [1.165, 1.54) is 27.2 Å². The van der Waals surface area contributed by atoms with E-state index in [2.05, 4.69) is 117 Å². The van der Waals surface area contributed by atoms with Gasteiger partial charge in [0.1, 0.15) is 5.60 Å². The van der Waals surface area contributed by atoms with E-state index in [4.69, 9.17) is 21.1 Å². The number of hydrogen-bond donors (Lipinski definition) is 2. The number of morpholine rings is 1. The summed E-state index contributed by atoms with van der Waals surface area (Å²) in [5, 5.41) is 7.81. The van der Waals surface area contributed by atoms with Gasteiger partial charge in [-0.1, -0.05) is 66.6 Å². The second-order valence-electron chi connectivity index (χ2n) is 21.5. The molecule has 4 aromatic carbocycles. The highest BCUT2D eigenvalue weighted by atomic mass is 35.5. The minimum Gasteiger partial charge on any atom is -0.444 e. The highest BCUT2D eigenvalue weighted by molar-refractivity contribution is 7.99. The number of amides is 2. The van der Waals surface area contributed by atoms with E-state index in [0.717, 1.165) is 152 Å². The number of carbonyl (C=O) groups is 2. The lowest BCUT2D eigenvalue weighted by molar-refractivity contribution is 0.0255. The Morgan fingerprint density at radius 1 is 0.831 bits per heavy atom. The Hall–Kier alpha value is -4.56. The molecule has 0 spiro atoms. The van der Waals surface area contributed by atoms with Gasteiger partial charge in [0.05, 0.1) is 13.2 Å². The summed E-state index contributed by atoms with van der Waals surface area (Å²) in [6, 6.07) is 34.0. The van der Waals surface area contributed by atoms with Gasteiger partial charge in [-0.2, -0.15) is 0 Å². The van der Waals surface area contributed by atoms with Crippen molar-refractivity contribution >= 4 is 52.3 Å². The third kappa shape index (κ3) is 15.7. The van der Waals surface area contributed by atoms with Crippen molar-refractivity contribution in [1.82, 2.24) is 24.9 Å². The average molecular weight is 1000 g/mol. The molecule has 4 aromatic rings. The molecule has 3 aliphatic heterocycles. The minimum absolute atomic E-state index is 0.0646. The predicted octanol–water partition coefficient (Wildman–Crippen LogP) is 10.6. The van der Waals surface area contributed by atoms with Gasteiger partial charge in [0, 0.05) is 124 Å². The molecular weight excluding hydrogens is 926 g/mol. The number of hydrogen-bond acceptors (Lipinski definition) is 10. The summed E-state index contributed by atoms with van der Waals surface area (Å²) in [5.74, 6) is 0.915. The molecule has 3 heterocycles. The number of ether oxygens (including phenoxy) is 2. The maximum Gasteiger partial charge on any atom is 0.410 e. The lowest BCUT2D eigenvalue weighted by Crippen LogP contribution is -2.47. The monoisotopic (exact) mass is 1000 g/mol. The van der Waals surface area contributed by atoms with Crippen molar-refractivity contribution in [1.29, 1.82) is 0 Å². The van der Waals surface area contributed by atoms with Crippen molar-refractivity contribution in [3.63, 3.8) is 0 Å².